The molecule has 0 unspecified atom stereocenters. The normalized spacial score (nSPS) is 15.2. The molecule has 1 fully saturated rings. The van der Waals surface area contributed by atoms with E-state index < -0.39 is 0 Å². The average molecular weight is 417 g/mol. The van der Waals surface area contributed by atoms with Crippen molar-refractivity contribution in [1.29, 1.82) is 0 Å². The summed E-state index contributed by atoms with van der Waals surface area (Å²) in [7, 11) is 0. The maximum absolute atomic E-state index is 6.10. The Morgan fingerprint density at radius 1 is 1.07 bits per heavy atom. The van der Waals surface area contributed by atoms with Crippen molar-refractivity contribution >= 4 is 33.4 Å². The maximum atomic E-state index is 6.10. The van der Waals surface area contributed by atoms with Crippen LogP contribution in [0.5, 0.6) is 0 Å². The Hall–Kier alpha value is -1.89. The van der Waals surface area contributed by atoms with Gasteiger partial charge in [-0.1, -0.05) is 0 Å². The fourth-order valence-corrected chi connectivity index (χ4v) is 3.63. The van der Waals surface area contributed by atoms with E-state index in [9.17, 15) is 0 Å². The summed E-state index contributed by atoms with van der Waals surface area (Å²) in [5, 5.41) is 1.01. The first-order chi connectivity index (χ1) is 12.8. The smallest absolute Gasteiger partial charge is 0.382 e. The van der Waals surface area contributed by atoms with Gasteiger partial charge in [-0.05, 0) is 44.8 Å². The molecule has 0 aliphatic carbocycles. The molecule has 2 aromatic heterocycles. The molecular weight excluding hydrogens is 387 g/mol. The summed E-state index contributed by atoms with van der Waals surface area (Å²) in [4.78, 5) is 17.1. The number of nitrogens with zero attached hydrogens (tertiary/aromatic N) is 4. The number of pyridine rings is 1. The van der Waals surface area contributed by atoms with Crippen molar-refractivity contribution in [1.82, 2.24) is 19.9 Å². The molecule has 149 valence electrons. The van der Waals surface area contributed by atoms with Crippen molar-refractivity contribution in [2.75, 3.05) is 36.8 Å². The van der Waals surface area contributed by atoms with E-state index in [2.05, 4.69) is 77.6 Å². The Morgan fingerprint density at radius 3 is 2.32 bits per heavy atom. The number of H-pyrrole nitrogens is 1. The minimum Gasteiger partial charge on any atom is -0.382 e. The van der Waals surface area contributed by atoms with Gasteiger partial charge in [0.05, 0.1) is 11.0 Å². The van der Waals surface area contributed by atoms with Gasteiger partial charge in [-0.3, -0.25) is 9.88 Å². The molecule has 1 aliphatic rings. The third-order valence-electron chi connectivity index (χ3n) is 5.08. The standard InChI is InChI=1S/C19H25N6.C2H5.V/c1-12-21-16-14-6-5-13(11-15(14)23-18(20)17(16)22-12)24-7-9-25(10-8-24)19(2,3)4;1-2;/h5-6,11H,1,7-10H2,2-4H3,(H2,20,23)(H,21,22);1H2,2H3;/q2*-1;+2. The number of imidazole rings is 1. The van der Waals surface area contributed by atoms with Gasteiger partial charge in [0.15, 0.2) is 0 Å². The van der Waals surface area contributed by atoms with Crippen molar-refractivity contribution in [2.24, 2.45) is 0 Å². The topological polar surface area (TPSA) is 74.1 Å². The van der Waals surface area contributed by atoms with Crippen LogP contribution in [0.3, 0.4) is 0 Å². The molecular formula is C21H30N6V. The number of anilines is 2. The van der Waals surface area contributed by atoms with Crippen molar-refractivity contribution in [3.63, 3.8) is 0 Å². The minimum absolute atomic E-state index is 0. The number of nitrogen functional groups attached to an aromatic ring is 1. The summed E-state index contributed by atoms with van der Waals surface area (Å²) in [6.07, 6.45) is 0. The zero-order valence-corrected chi connectivity index (χ0v) is 18.7. The number of aromatic amines is 1. The van der Waals surface area contributed by atoms with E-state index in [1.807, 2.05) is 0 Å². The molecule has 1 aliphatic heterocycles. The number of aromatic nitrogens is 3. The molecule has 1 radical (unpaired) electrons. The molecule has 3 heterocycles. The Bertz CT molecular complexity index is 935. The first-order valence-electron chi connectivity index (χ1n) is 9.44. The van der Waals surface area contributed by atoms with E-state index in [-0.39, 0.29) is 24.1 Å². The van der Waals surface area contributed by atoms with Crippen LogP contribution in [-0.4, -0.2) is 51.6 Å². The van der Waals surface area contributed by atoms with Crippen LogP contribution < -0.4 is 10.6 Å². The van der Waals surface area contributed by atoms with Crippen molar-refractivity contribution in [3.8, 4) is 0 Å². The van der Waals surface area contributed by atoms with Crippen LogP contribution in [0.1, 0.15) is 33.5 Å². The number of nitrogens with two attached hydrogens (primary N) is 1. The summed E-state index contributed by atoms with van der Waals surface area (Å²) in [5.41, 5.74) is 10.0. The monoisotopic (exact) mass is 417 g/mol. The van der Waals surface area contributed by atoms with Crippen LogP contribution in [0.25, 0.3) is 21.9 Å². The van der Waals surface area contributed by atoms with Gasteiger partial charge >= 0.3 is 18.6 Å². The number of hydrogen-bond acceptors (Lipinski definition) is 5. The van der Waals surface area contributed by atoms with Gasteiger partial charge in [-0.15, -0.1) is 0 Å². The van der Waals surface area contributed by atoms with Gasteiger partial charge in [0.25, 0.3) is 0 Å². The molecule has 7 heteroatoms. The molecule has 1 aromatic carbocycles. The number of hydrogen-bond donors (Lipinski definition) is 2. The first-order valence-corrected chi connectivity index (χ1v) is 9.44. The quantitative estimate of drug-likeness (QED) is 0.592. The number of benzene rings is 1. The van der Waals surface area contributed by atoms with E-state index in [1.165, 1.54) is 5.69 Å². The summed E-state index contributed by atoms with van der Waals surface area (Å²) in [6.45, 7) is 19.9. The van der Waals surface area contributed by atoms with Crippen LogP contribution in [0.2, 0.25) is 0 Å². The minimum atomic E-state index is 0. The SMILES string of the molecule is [CH2-]C.[CH2-]c1nc2c([nH]1)c(N)nc1cc(N3CCN(C(C)(C)C)CC3)ccc12.[V+2]. The Balaban J connectivity index is 0.000000906. The molecule has 0 spiro atoms. The predicted octanol–water partition coefficient (Wildman–Crippen LogP) is 3.63. The second-order valence-electron chi connectivity index (χ2n) is 7.75. The molecule has 3 aromatic rings. The molecule has 1 saturated heterocycles. The molecule has 4 rings (SSSR count). The summed E-state index contributed by atoms with van der Waals surface area (Å²) in [5.74, 6) is 1.08. The van der Waals surface area contributed by atoms with Crippen LogP contribution in [0.4, 0.5) is 11.5 Å². The van der Waals surface area contributed by atoms with E-state index in [4.69, 9.17) is 5.73 Å². The van der Waals surface area contributed by atoms with E-state index in [0.29, 0.717) is 11.6 Å². The number of fused-ring (bicyclic) bond motifs is 3. The van der Waals surface area contributed by atoms with Gasteiger partial charge in [0.2, 0.25) is 0 Å². The van der Waals surface area contributed by atoms with Crippen LogP contribution in [0.15, 0.2) is 18.2 Å². The van der Waals surface area contributed by atoms with Gasteiger partial charge in [-0.2, -0.15) is 6.92 Å². The largest absolute Gasteiger partial charge is 2.00 e. The van der Waals surface area contributed by atoms with Gasteiger partial charge < -0.3 is 29.5 Å². The summed E-state index contributed by atoms with van der Waals surface area (Å²) < 4.78 is 0. The molecule has 0 bridgehead atoms. The van der Waals surface area contributed by atoms with Crippen LogP contribution in [-0.2, 0) is 18.6 Å². The van der Waals surface area contributed by atoms with Crippen LogP contribution in [0, 0.1) is 13.8 Å². The molecule has 0 saturated carbocycles. The fourth-order valence-electron chi connectivity index (χ4n) is 3.63. The average Bonchev–Trinajstić information content (AvgIpc) is 3.05. The number of nitrogens with one attached hydrogen (secondary N) is 1. The number of piperazine rings is 1. The Kier molecular flexibility index (Phi) is 6.91. The molecule has 28 heavy (non-hydrogen) atoms. The van der Waals surface area contributed by atoms with Crippen LogP contribution >= 0.6 is 0 Å². The van der Waals surface area contributed by atoms with Crippen molar-refractivity contribution < 1.29 is 18.6 Å². The van der Waals surface area contributed by atoms with E-state index in [1.54, 1.807) is 6.92 Å². The van der Waals surface area contributed by atoms with E-state index in [0.717, 1.165) is 48.1 Å². The van der Waals surface area contributed by atoms with Gasteiger partial charge in [-0.25, -0.2) is 4.98 Å². The summed E-state index contributed by atoms with van der Waals surface area (Å²) >= 11 is 0. The Labute approximate surface area is 179 Å². The molecule has 0 atom stereocenters. The predicted molar refractivity (Wildman–Crippen MR) is 115 cm³/mol. The second-order valence-corrected chi connectivity index (χ2v) is 7.75. The van der Waals surface area contributed by atoms with Gasteiger partial charge in [0, 0.05) is 42.8 Å². The van der Waals surface area contributed by atoms with Crippen molar-refractivity contribution in [2.45, 2.75) is 33.2 Å². The Morgan fingerprint density at radius 2 is 1.71 bits per heavy atom. The van der Waals surface area contributed by atoms with Crippen molar-refractivity contribution in [3.05, 3.63) is 37.9 Å². The first kappa shape index (κ1) is 22.4. The third kappa shape index (κ3) is 4.24. The number of rotatable bonds is 1. The molecule has 3 N–H and O–H groups in total. The molecule has 0 amide bonds. The summed E-state index contributed by atoms with van der Waals surface area (Å²) in [6, 6.07) is 6.37. The maximum Gasteiger partial charge on any atom is 2.00 e. The zero-order chi connectivity index (χ0) is 19.8. The third-order valence-corrected chi connectivity index (χ3v) is 5.08. The van der Waals surface area contributed by atoms with E-state index >= 15 is 0 Å². The zero-order valence-electron chi connectivity index (χ0n) is 17.3. The second kappa shape index (κ2) is 8.64. The molecule has 6 nitrogen and oxygen atoms in total. The fraction of sp³-hybridized carbons (Fsp3) is 0.429. The van der Waals surface area contributed by atoms with Gasteiger partial charge in [0.1, 0.15) is 11.3 Å².